The van der Waals surface area contributed by atoms with Crippen LogP contribution in [0.1, 0.15) is 28.1 Å². The molecule has 13 heteroatoms. The van der Waals surface area contributed by atoms with Crippen molar-refractivity contribution in [1.82, 2.24) is 4.57 Å². The smallest absolute Gasteiger partial charge is 0.346 e. The zero-order valence-corrected chi connectivity index (χ0v) is 24.8. The van der Waals surface area contributed by atoms with E-state index in [1.165, 1.54) is 48.5 Å². The van der Waals surface area contributed by atoms with E-state index in [1.807, 2.05) is 0 Å². The third kappa shape index (κ3) is 5.00. The molecule has 0 aliphatic carbocycles. The Bertz CT molecular complexity index is 1960. The summed E-state index contributed by atoms with van der Waals surface area (Å²) in [6, 6.07) is 14.8. The number of carbonyl (C=O) groups excluding carboxylic acids is 2. The van der Waals surface area contributed by atoms with E-state index in [4.69, 9.17) is 33.7 Å². The highest BCUT2D eigenvalue weighted by Gasteiger charge is 2.41. The molecule has 42 heavy (non-hydrogen) atoms. The van der Waals surface area contributed by atoms with Gasteiger partial charge < -0.3 is 10.5 Å². The van der Waals surface area contributed by atoms with Gasteiger partial charge in [-0.1, -0.05) is 65.3 Å². The van der Waals surface area contributed by atoms with Gasteiger partial charge in [0.1, 0.15) is 21.8 Å². The topological polar surface area (TPSA) is 108 Å². The van der Waals surface area contributed by atoms with E-state index in [1.54, 1.807) is 13.0 Å². The number of ether oxygens (including phenoxy) is 1. The Morgan fingerprint density at radius 3 is 2.29 bits per heavy atom. The van der Waals surface area contributed by atoms with Crippen LogP contribution in [0.5, 0.6) is 0 Å². The van der Waals surface area contributed by atoms with E-state index in [0.29, 0.717) is 11.8 Å². The normalized spacial score (nSPS) is 15.5. The van der Waals surface area contributed by atoms with Crippen LogP contribution in [0.25, 0.3) is 11.0 Å². The summed E-state index contributed by atoms with van der Waals surface area (Å²) >= 11 is 13.2. The van der Waals surface area contributed by atoms with Crippen LogP contribution >= 0.6 is 35.0 Å². The molecule has 0 fully saturated rings. The Labute approximate surface area is 253 Å². The molecule has 1 aliphatic rings. The summed E-state index contributed by atoms with van der Waals surface area (Å²) in [4.78, 5) is 27.1. The summed E-state index contributed by atoms with van der Waals surface area (Å²) in [6.07, 6.45) is 1.16. The van der Waals surface area contributed by atoms with Crippen molar-refractivity contribution < 1.29 is 31.5 Å². The van der Waals surface area contributed by atoms with Gasteiger partial charge in [-0.25, -0.2) is 22.0 Å². The Balaban J connectivity index is 1.99. The highest BCUT2D eigenvalue weighted by molar-refractivity contribution is 8.10. The SMILES string of the molecule is CCOC(=O)C1=c2/c(=C/c3c(F)cccc3Cl)c(N)c(S(=O)(=O)c3ccccc3)n2C(=O)[C@H](c2c(F)cccc2Cl)S1. The van der Waals surface area contributed by atoms with Crippen LogP contribution in [-0.4, -0.2) is 31.5 Å². The fourth-order valence-electron chi connectivity index (χ4n) is 4.56. The van der Waals surface area contributed by atoms with Gasteiger partial charge in [-0.2, -0.15) is 0 Å². The number of nitrogen functional groups attached to an aromatic ring is 1. The average molecular weight is 650 g/mol. The predicted octanol–water partition coefficient (Wildman–Crippen LogP) is 5.12. The summed E-state index contributed by atoms with van der Waals surface area (Å²) < 4.78 is 64.1. The van der Waals surface area contributed by atoms with Gasteiger partial charge in [-0.05, 0) is 49.4 Å². The van der Waals surface area contributed by atoms with Crippen molar-refractivity contribution in [2.75, 3.05) is 12.3 Å². The summed E-state index contributed by atoms with van der Waals surface area (Å²) in [5, 5.41) is -2.79. The van der Waals surface area contributed by atoms with Crippen LogP contribution in [-0.2, 0) is 19.4 Å². The number of aromatic nitrogens is 1. The monoisotopic (exact) mass is 648 g/mol. The van der Waals surface area contributed by atoms with Crippen LogP contribution in [0, 0.1) is 11.6 Å². The minimum absolute atomic E-state index is 0.0368. The molecule has 0 radical (unpaired) electrons. The molecule has 1 aliphatic heterocycles. The summed E-state index contributed by atoms with van der Waals surface area (Å²) in [6.45, 7) is 1.47. The standard InChI is InChI=1S/C29H20Cl2F2N2O5S2/c1-2-40-29(37)26-24-17(14-16-18(30)10-6-12-20(16)32)23(34)28(42(38,39)15-8-4-3-5-9-15)35(24)27(36)25(41-26)22-19(31)11-7-13-21(22)33/h3-14,25H,2,34H2,1H3/b17-14+/t25-/m0/s1. The number of rotatable bonds is 6. The number of esters is 1. The Morgan fingerprint density at radius 2 is 1.67 bits per heavy atom. The maximum atomic E-state index is 15.1. The number of nitrogens with zero attached hydrogens (tertiary/aromatic N) is 1. The average Bonchev–Trinajstić information content (AvgIpc) is 3.25. The van der Waals surface area contributed by atoms with Crippen molar-refractivity contribution in [3.05, 3.63) is 110 Å². The van der Waals surface area contributed by atoms with Gasteiger partial charge in [-0.3, -0.25) is 9.36 Å². The molecule has 2 N–H and O–H groups in total. The first-order valence-corrected chi connectivity index (χ1v) is 15.4. The fraction of sp³-hybridized carbons (Fsp3) is 0.103. The van der Waals surface area contributed by atoms with Crippen LogP contribution in [0.3, 0.4) is 0 Å². The van der Waals surface area contributed by atoms with Crippen LogP contribution in [0.15, 0.2) is 76.7 Å². The number of carbonyl (C=O) groups is 2. The predicted molar refractivity (Wildman–Crippen MR) is 157 cm³/mol. The summed E-state index contributed by atoms with van der Waals surface area (Å²) in [5.41, 5.74) is 5.59. The second-order valence-electron chi connectivity index (χ2n) is 8.93. The lowest BCUT2D eigenvalue weighted by Gasteiger charge is -2.24. The van der Waals surface area contributed by atoms with E-state index in [-0.39, 0.29) is 48.1 Å². The highest BCUT2D eigenvalue weighted by Crippen LogP contribution is 2.44. The number of thioether (sulfide) groups is 1. The van der Waals surface area contributed by atoms with Crippen LogP contribution < -0.4 is 16.3 Å². The zero-order valence-electron chi connectivity index (χ0n) is 21.6. The number of sulfone groups is 1. The molecule has 0 saturated carbocycles. The number of fused-ring (bicyclic) bond motifs is 1. The van der Waals surface area contributed by atoms with Gasteiger partial charge in [0.15, 0.2) is 5.03 Å². The minimum Gasteiger partial charge on any atom is -0.462 e. The molecule has 0 bridgehead atoms. The summed E-state index contributed by atoms with van der Waals surface area (Å²) in [7, 11) is -4.55. The maximum absolute atomic E-state index is 15.1. The van der Waals surface area contributed by atoms with Crippen molar-refractivity contribution in [1.29, 1.82) is 0 Å². The molecule has 2 heterocycles. The first-order valence-electron chi connectivity index (χ1n) is 12.3. The third-order valence-electron chi connectivity index (χ3n) is 6.42. The third-order valence-corrected chi connectivity index (χ3v) is 10.1. The quantitative estimate of drug-likeness (QED) is 0.289. The second kappa shape index (κ2) is 11.6. The van der Waals surface area contributed by atoms with E-state index in [2.05, 4.69) is 0 Å². The van der Waals surface area contributed by atoms with Crippen LogP contribution in [0.4, 0.5) is 14.5 Å². The van der Waals surface area contributed by atoms with Gasteiger partial charge >= 0.3 is 5.97 Å². The number of nitrogens with two attached hydrogens (primary N) is 1. The Hall–Kier alpha value is -3.64. The Kier molecular flexibility index (Phi) is 8.21. The van der Waals surface area contributed by atoms with E-state index >= 15 is 4.39 Å². The van der Waals surface area contributed by atoms with Crippen molar-refractivity contribution in [3.8, 4) is 0 Å². The van der Waals surface area contributed by atoms with Gasteiger partial charge in [0.05, 0.1) is 27.6 Å². The lowest BCUT2D eigenvalue weighted by molar-refractivity contribution is -0.135. The van der Waals surface area contributed by atoms with Crippen molar-refractivity contribution in [3.63, 3.8) is 0 Å². The molecule has 1 atom stereocenters. The molecule has 5 rings (SSSR count). The zero-order chi connectivity index (χ0) is 30.3. The number of halogens is 4. The molecule has 0 amide bonds. The fourth-order valence-corrected chi connectivity index (χ4v) is 7.94. The first-order chi connectivity index (χ1) is 20.0. The van der Waals surface area contributed by atoms with Gasteiger partial charge in [0, 0.05) is 21.4 Å². The molecule has 0 spiro atoms. The molecule has 3 aromatic carbocycles. The molecule has 0 saturated heterocycles. The largest absolute Gasteiger partial charge is 0.462 e. The van der Waals surface area contributed by atoms with E-state index in [0.717, 1.165) is 22.8 Å². The van der Waals surface area contributed by atoms with E-state index in [9.17, 15) is 22.4 Å². The lowest BCUT2D eigenvalue weighted by Crippen LogP contribution is -2.42. The molecule has 216 valence electrons. The van der Waals surface area contributed by atoms with Gasteiger partial charge in [0.2, 0.25) is 15.7 Å². The molecular formula is C29H20Cl2F2N2O5S2. The highest BCUT2D eigenvalue weighted by atomic mass is 35.5. The second-order valence-corrected chi connectivity index (χ2v) is 12.7. The number of hydrogen-bond acceptors (Lipinski definition) is 7. The number of hydrogen-bond donors (Lipinski definition) is 1. The number of benzene rings is 3. The maximum Gasteiger partial charge on any atom is 0.346 e. The van der Waals surface area contributed by atoms with E-state index < -0.39 is 49.3 Å². The van der Waals surface area contributed by atoms with Crippen molar-refractivity contribution >= 4 is 73.3 Å². The first kappa shape index (κ1) is 29.8. The molecular weight excluding hydrogens is 629 g/mol. The summed E-state index contributed by atoms with van der Waals surface area (Å²) in [5.74, 6) is -3.50. The van der Waals surface area contributed by atoms with Crippen molar-refractivity contribution in [2.24, 2.45) is 0 Å². The molecule has 1 aromatic heterocycles. The van der Waals surface area contributed by atoms with Crippen LogP contribution in [0.2, 0.25) is 10.0 Å². The molecule has 7 nitrogen and oxygen atoms in total. The number of anilines is 1. The van der Waals surface area contributed by atoms with Gasteiger partial charge in [0.25, 0.3) is 0 Å². The minimum atomic E-state index is -4.55. The lowest BCUT2D eigenvalue weighted by atomic mass is 10.1. The molecule has 0 unspecified atom stereocenters. The van der Waals surface area contributed by atoms with Crippen molar-refractivity contribution in [2.45, 2.75) is 22.1 Å². The Morgan fingerprint density at radius 1 is 1.02 bits per heavy atom. The molecule has 4 aromatic rings. The van der Waals surface area contributed by atoms with Gasteiger partial charge in [-0.15, -0.1) is 0 Å².